The third-order valence-electron chi connectivity index (χ3n) is 3.81. The van der Waals surface area contributed by atoms with E-state index in [-0.39, 0.29) is 5.91 Å². The predicted octanol–water partition coefficient (Wildman–Crippen LogP) is 4.26. The molecule has 2 aromatic rings. The summed E-state index contributed by atoms with van der Waals surface area (Å²) in [6.45, 7) is 0. The van der Waals surface area contributed by atoms with Crippen LogP contribution in [0.4, 0.5) is 11.5 Å². The lowest BCUT2D eigenvalue weighted by atomic mass is 10.2. The molecule has 1 aromatic carbocycles. The highest BCUT2D eigenvalue weighted by atomic mass is 79.9. The number of rotatable bonds is 4. The smallest absolute Gasteiger partial charge is 0.253 e. The molecule has 0 atom stereocenters. The van der Waals surface area contributed by atoms with E-state index in [2.05, 4.69) is 31.5 Å². The van der Waals surface area contributed by atoms with Gasteiger partial charge in [-0.3, -0.25) is 4.79 Å². The molecule has 0 aliphatic heterocycles. The summed E-state index contributed by atoms with van der Waals surface area (Å²) in [6.07, 6.45) is 6.20. The quantitative estimate of drug-likeness (QED) is 0.857. The molecule has 1 aliphatic carbocycles. The molecule has 1 aliphatic rings. The summed E-state index contributed by atoms with van der Waals surface area (Å²) < 4.78 is 1.00. The zero-order valence-corrected chi connectivity index (χ0v) is 13.8. The number of carbonyl (C=O) groups excluding carboxylic acids is 1. The minimum absolute atomic E-state index is 0.0339. The van der Waals surface area contributed by atoms with Crippen LogP contribution in [0.15, 0.2) is 47.1 Å². The number of halogens is 1. The number of carbonyl (C=O) groups is 1. The van der Waals surface area contributed by atoms with Crippen LogP contribution in [-0.2, 0) is 0 Å². The molecule has 0 bridgehead atoms. The second kappa shape index (κ2) is 6.92. The van der Waals surface area contributed by atoms with Gasteiger partial charge in [-0.25, -0.2) is 4.98 Å². The van der Waals surface area contributed by atoms with E-state index in [4.69, 9.17) is 0 Å². The first-order valence-electron chi connectivity index (χ1n) is 7.50. The number of benzene rings is 1. The standard InChI is InChI=1S/C17H18BrN3O/c18-13-4-3-7-15(10-13)20-16-9-8-12(11-19-16)17(22)21-14-5-1-2-6-14/h3-4,7-11,14H,1-2,5-6H2,(H,19,20)(H,21,22). The number of hydrogen-bond acceptors (Lipinski definition) is 3. The van der Waals surface area contributed by atoms with E-state index >= 15 is 0 Å². The van der Waals surface area contributed by atoms with E-state index in [1.54, 1.807) is 12.3 Å². The molecule has 1 heterocycles. The highest BCUT2D eigenvalue weighted by molar-refractivity contribution is 9.10. The molecule has 5 heteroatoms. The van der Waals surface area contributed by atoms with Gasteiger partial charge in [0, 0.05) is 22.4 Å². The maximum atomic E-state index is 12.1. The highest BCUT2D eigenvalue weighted by Crippen LogP contribution is 2.20. The van der Waals surface area contributed by atoms with Crippen LogP contribution in [0.3, 0.4) is 0 Å². The van der Waals surface area contributed by atoms with Crippen LogP contribution in [0, 0.1) is 0 Å². The van der Waals surface area contributed by atoms with Crippen LogP contribution in [0.2, 0.25) is 0 Å². The van der Waals surface area contributed by atoms with Gasteiger partial charge >= 0.3 is 0 Å². The Morgan fingerprint density at radius 3 is 2.68 bits per heavy atom. The molecule has 22 heavy (non-hydrogen) atoms. The second-order valence-electron chi connectivity index (χ2n) is 5.52. The number of aromatic nitrogens is 1. The lowest BCUT2D eigenvalue weighted by Gasteiger charge is -2.12. The number of nitrogens with zero attached hydrogens (tertiary/aromatic N) is 1. The molecule has 0 unspecified atom stereocenters. The molecular weight excluding hydrogens is 342 g/mol. The van der Waals surface area contributed by atoms with Crippen molar-refractivity contribution in [2.24, 2.45) is 0 Å². The summed E-state index contributed by atoms with van der Waals surface area (Å²) in [4.78, 5) is 16.4. The Bertz CT molecular complexity index is 651. The maximum absolute atomic E-state index is 12.1. The van der Waals surface area contributed by atoms with Crippen LogP contribution in [0.5, 0.6) is 0 Å². The Morgan fingerprint density at radius 1 is 1.18 bits per heavy atom. The molecule has 3 rings (SSSR count). The fourth-order valence-electron chi connectivity index (χ4n) is 2.66. The van der Waals surface area contributed by atoms with Gasteiger partial charge in [-0.1, -0.05) is 34.8 Å². The minimum atomic E-state index is -0.0339. The summed E-state index contributed by atoms with van der Waals surface area (Å²) in [5, 5.41) is 6.28. The van der Waals surface area contributed by atoms with Crippen molar-refractivity contribution in [3.05, 3.63) is 52.6 Å². The zero-order valence-electron chi connectivity index (χ0n) is 12.2. The number of hydrogen-bond donors (Lipinski definition) is 2. The van der Waals surface area contributed by atoms with Crippen molar-refractivity contribution in [2.45, 2.75) is 31.7 Å². The van der Waals surface area contributed by atoms with Crippen molar-refractivity contribution in [1.82, 2.24) is 10.3 Å². The Balaban J connectivity index is 1.63. The molecule has 4 nitrogen and oxygen atoms in total. The van der Waals surface area contributed by atoms with Gasteiger partial charge < -0.3 is 10.6 Å². The van der Waals surface area contributed by atoms with Gasteiger partial charge in [0.25, 0.3) is 5.91 Å². The van der Waals surface area contributed by atoms with Gasteiger partial charge in [0.15, 0.2) is 0 Å². The van der Waals surface area contributed by atoms with Crippen molar-refractivity contribution in [3.8, 4) is 0 Å². The topological polar surface area (TPSA) is 54.0 Å². The summed E-state index contributed by atoms with van der Waals surface area (Å²) >= 11 is 3.43. The Kier molecular flexibility index (Phi) is 4.73. The molecule has 1 saturated carbocycles. The van der Waals surface area contributed by atoms with Crippen LogP contribution in [0.1, 0.15) is 36.0 Å². The maximum Gasteiger partial charge on any atom is 0.253 e. The Labute approximate surface area is 138 Å². The van der Waals surface area contributed by atoms with E-state index in [1.807, 2.05) is 30.3 Å². The normalized spacial score (nSPS) is 14.8. The first-order valence-corrected chi connectivity index (χ1v) is 8.29. The van der Waals surface area contributed by atoms with Crippen LogP contribution >= 0.6 is 15.9 Å². The van der Waals surface area contributed by atoms with Crippen molar-refractivity contribution in [2.75, 3.05) is 5.32 Å². The Morgan fingerprint density at radius 2 is 2.00 bits per heavy atom. The number of pyridine rings is 1. The molecule has 0 saturated heterocycles. The molecule has 1 fully saturated rings. The van der Waals surface area contributed by atoms with Gasteiger partial charge in [-0.05, 0) is 43.2 Å². The van der Waals surface area contributed by atoms with Crippen LogP contribution < -0.4 is 10.6 Å². The summed E-state index contributed by atoms with van der Waals surface area (Å²) in [6, 6.07) is 11.8. The molecule has 1 amide bonds. The molecule has 0 radical (unpaired) electrons. The van der Waals surface area contributed by atoms with Gasteiger partial charge in [0.1, 0.15) is 5.82 Å². The van der Waals surface area contributed by atoms with E-state index < -0.39 is 0 Å². The first-order chi connectivity index (χ1) is 10.7. The number of nitrogens with one attached hydrogen (secondary N) is 2. The minimum Gasteiger partial charge on any atom is -0.349 e. The van der Waals surface area contributed by atoms with E-state index in [0.29, 0.717) is 11.6 Å². The monoisotopic (exact) mass is 359 g/mol. The number of amides is 1. The predicted molar refractivity (Wildman–Crippen MR) is 91.4 cm³/mol. The fourth-order valence-corrected chi connectivity index (χ4v) is 3.05. The summed E-state index contributed by atoms with van der Waals surface area (Å²) in [5.74, 6) is 0.684. The fraction of sp³-hybridized carbons (Fsp3) is 0.294. The van der Waals surface area contributed by atoms with E-state index in [1.165, 1.54) is 12.8 Å². The molecule has 114 valence electrons. The van der Waals surface area contributed by atoms with Gasteiger partial charge in [0.05, 0.1) is 5.56 Å². The highest BCUT2D eigenvalue weighted by Gasteiger charge is 2.17. The molecule has 0 spiro atoms. The third kappa shape index (κ3) is 3.85. The number of anilines is 2. The van der Waals surface area contributed by atoms with Crippen molar-refractivity contribution < 1.29 is 4.79 Å². The molecular formula is C17H18BrN3O. The summed E-state index contributed by atoms with van der Waals surface area (Å²) in [5.41, 5.74) is 1.55. The Hall–Kier alpha value is -1.88. The van der Waals surface area contributed by atoms with E-state index in [0.717, 1.165) is 28.8 Å². The lowest BCUT2D eigenvalue weighted by molar-refractivity contribution is 0.0937. The average Bonchev–Trinajstić information content (AvgIpc) is 3.01. The van der Waals surface area contributed by atoms with Crippen molar-refractivity contribution >= 4 is 33.3 Å². The van der Waals surface area contributed by atoms with Crippen molar-refractivity contribution in [1.29, 1.82) is 0 Å². The third-order valence-corrected chi connectivity index (χ3v) is 4.31. The first kappa shape index (κ1) is 15.0. The lowest BCUT2D eigenvalue weighted by Crippen LogP contribution is -2.32. The van der Waals surface area contributed by atoms with Gasteiger partial charge in [-0.2, -0.15) is 0 Å². The second-order valence-corrected chi connectivity index (χ2v) is 6.44. The molecule has 2 N–H and O–H groups in total. The van der Waals surface area contributed by atoms with Gasteiger partial charge in [0.2, 0.25) is 0 Å². The zero-order chi connectivity index (χ0) is 15.4. The van der Waals surface area contributed by atoms with Crippen LogP contribution in [0.25, 0.3) is 0 Å². The summed E-state index contributed by atoms with van der Waals surface area (Å²) in [7, 11) is 0. The SMILES string of the molecule is O=C(NC1CCCC1)c1ccc(Nc2cccc(Br)c2)nc1. The largest absolute Gasteiger partial charge is 0.349 e. The average molecular weight is 360 g/mol. The molecule has 1 aromatic heterocycles. The van der Waals surface area contributed by atoms with E-state index in [9.17, 15) is 4.79 Å². The van der Waals surface area contributed by atoms with Crippen LogP contribution in [-0.4, -0.2) is 16.9 Å². The van der Waals surface area contributed by atoms with Gasteiger partial charge in [-0.15, -0.1) is 0 Å². The van der Waals surface area contributed by atoms with Crippen molar-refractivity contribution in [3.63, 3.8) is 0 Å².